The standard InChI is InChI=1S/C19H19Cl2N3O6S/c1-29-19(26)12-30-17-5-3-4-13(6-17)10-22-23-18(25)11-24(31(2,27)28)16-8-14(20)7-15(21)9-16/h3-10H,11-12H2,1-2H3,(H,23,25)/b22-10-. The van der Waals surface area contributed by atoms with Gasteiger partial charge < -0.3 is 9.47 Å². The highest BCUT2D eigenvalue weighted by Gasteiger charge is 2.21. The number of benzene rings is 2. The highest BCUT2D eigenvalue weighted by Crippen LogP contribution is 2.26. The van der Waals surface area contributed by atoms with Gasteiger partial charge in [0.25, 0.3) is 5.91 Å². The van der Waals surface area contributed by atoms with Crippen LogP contribution in [-0.2, 0) is 24.3 Å². The van der Waals surface area contributed by atoms with E-state index >= 15 is 0 Å². The van der Waals surface area contributed by atoms with Gasteiger partial charge in [-0.15, -0.1) is 0 Å². The monoisotopic (exact) mass is 487 g/mol. The second-order valence-corrected chi connectivity index (χ2v) is 8.91. The van der Waals surface area contributed by atoms with Crippen molar-refractivity contribution < 1.29 is 27.5 Å². The number of ether oxygens (including phenoxy) is 2. The number of rotatable bonds is 9. The number of nitrogens with zero attached hydrogens (tertiary/aromatic N) is 2. The summed E-state index contributed by atoms with van der Waals surface area (Å²) in [5, 5.41) is 4.26. The lowest BCUT2D eigenvalue weighted by Crippen LogP contribution is -2.39. The molecular weight excluding hydrogens is 469 g/mol. The molecule has 0 heterocycles. The van der Waals surface area contributed by atoms with Gasteiger partial charge >= 0.3 is 5.97 Å². The smallest absolute Gasteiger partial charge is 0.343 e. The van der Waals surface area contributed by atoms with E-state index in [4.69, 9.17) is 27.9 Å². The maximum Gasteiger partial charge on any atom is 0.343 e. The Bertz CT molecular complexity index is 1070. The van der Waals surface area contributed by atoms with Gasteiger partial charge in [-0.25, -0.2) is 18.6 Å². The Labute approximate surface area is 189 Å². The lowest BCUT2D eigenvalue weighted by molar-refractivity contribution is -0.142. The minimum Gasteiger partial charge on any atom is -0.482 e. The third-order valence-corrected chi connectivity index (χ3v) is 5.25. The number of anilines is 1. The van der Waals surface area contributed by atoms with Gasteiger partial charge in [0.2, 0.25) is 10.0 Å². The van der Waals surface area contributed by atoms with Crippen molar-refractivity contribution in [1.82, 2.24) is 5.43 Å². The van der Waals surface area contributed by atoms with Gasteiger partial charge in [-0.05, 0) is 35.9 Å². The van der Waals surface area contributed by atoms with Crippen LogP contribution in [0, 0.1) is 0 Å². The summed E-state index contributed by atoms with van der Waals surface area (Å²) in [6.07, 6.45) is 2.29. The van der Waals surface area contributed by atoms with Gasteiger partial charge in [-0.2, -0.15) is 5.10 Å². The Morgan fingerprint density at radius 1 is 1.16 bits per heavy atom. The van der Waals surface area contributed by atoms with Gasteiger partial charge in [0.15, 0.2) is 6.61 Å². The maximum atomic E-state index is 12.2. The van der Waals surface area contributed by atoms with E-state index in [-0.39, 0.29) is 22.3 Å². The third-order valence-electron chi connectivity index (χ3n) is 3.67. The molecule has 1 amide bonds. The number of hydrogen-bond acceptors (Lipinski definition) is 7. The van der Waals surface area contributed by atoms with E-state index in [9.17, 15) is 18.0 Å². The molecule has 0 spiro atoms. The number of methoxy groups -OCH3 is 1. The van der Waals surface area contributed by atoms with Crippen molar-refractivity contribution in [2.75, 3.05) is 30.8 Å². The van der Waals surface area contributed by atoms with Crippen molar-refractivity contribution in [3.8, 4) is 5.75 Å². The van der Waals surface area contributed by atoms with Crippen LogP contribution >= 0.6 is 23.2 Å². The minimum atomic E-state index is -3.80. The van der Waals surface area contributed by atoms with Crippen LogP contribution in [0.25, 0.3) is 0 Å². The second-order valence-electron chi connectivity index (χ2n) is 6.13. The first-order valence-electron chi connectivity index (χ1n) is 8.64. The summed E-state index contributed by atoms with van der Waals surface area (Å²) in [7, 11) is -2.54. The van der Waals surface area contributed by atoms with E-state index < -0.39 is 28.4 Å². The number of carbonyl (C=O) groups is 2. The Kier molecular flexibility index (Phi) is 8.66. The maximum absolute atomic E-state index is 12.2. The predicted octanol–water partition coefficient (Wildman–Crippen LogP) is 2.46. The molecule has 0 bridgehead atoms. The SMILES string of the molecule is COC(=O)COc1cccc(/C=N\NC(=O)CN(c2cc(Cl)cc(Cl)c2)S(C)(=O)=O)c1. The number of nitrogens with one attached hydrogen (secondary N) is 1. The Hall–Kier alpha value is -2.82. The third kappa shape index (κ3) is 8.08. The lowest BCUT2D eigenvalue weighted by atomic mass is 10.2. The van der Waals surface area contributed by atoms with Gasteiger partial charge in [0.05, 0.1) is 25.3 Å². The Morgan fingerprint density at radius 3 is 2.45 bits per heavy atom. The normalized spacial score (nSPS) is 11.2. The van der Waals surface area contributed by atoms with Crippen molar-refractivity contribution in [3.63, 3.8) is 0 Å². The molecule has 0 fully saturated rings. The quantitative estimate of drug-likeness (QED) is 0.330. The zero-order valence-corrected chi connectivity index (χ0v) is 18.9. The molecule has 31 heavy (non-hydrogen) atoms. The summed E-state index contributed by atoms with van der Waals surface area (Å²) in [4.78, 5) is 23.4. The summed E-state index contributed by atoms with van der Waals surface area (Å²) >= 11 is 11.9. The zero-order chi connectivity index (χ0) is 23.0. The van der Waals surface area contributed by atoms with E-state index in [0.717, 1.165) is 10.6 Å². The van der Waals surface area contributed by atoms with Gasteiger partial charge in [-0.1, -0.05) is 35.3 Å². The molecule has 0 radical (unpaired) electrons. The van der Waals surface area contributed by atoms with Crippen molar-refractivity contribution >= 4 is 57.0 Å². The molecule has 0 aliphatic heterocycles. The first-order chi connectivity index (χ1) is 14.6. The molecule has 0 saturated heterocycles. The molecule has 166 valence electrons. The largest absolute Gasteiger partial charge is 0.482 e. The summed E-state index contributed by atoms with van der Waals surface area (Å²) in [6, 6.07) is 10.8. The van der Waals surface area contributed by atoms with Crippen LogP contribution in [0.3, 0.4) is 0 Å². The van der Waals surface area contributed by atoms with Crippen molar-refractivity contribution in [2.45, 2.75) is 0 Å². The number of sulfonamides is 1. The molecule has 2 aromatic rings. The highest BCUT2D eigenvalue weighted by molar-refractivity contribution is 7.92. The zero-order valence-electron chi connectivity index (χ0n) is 16.5. The number of carbonyl (C=O) groups excluding carboxylic acids is 2. The van der Waals surface area contributed by atoms with Crippen molar-refractivity contribution in [1.29, 1.82) is 0 Å². The molecule has 0 aliphatic carbocycles. The van der Waals surface area contributed by atoms with E-state index in [2.05, 4.69) is 15.3 Å². The first kappa shape index (κ1) is 24.4. The molecule has 2 aromatic carbocycles. The average molecular weight is 488 g/mol. The second kappa shape index (κ2) is 11.0. The van der Waals surface area contributed by atoms with Crippen molar-refractivity contribution in [2.24, 2.45) is 5.10 Å². The van der Waals surface area contributed by atoms with E-state index in [1.165, 1.54) is 31.5 Å². The number of halogens is 2. The Morgan fingerprint density at radius 2 is 1.84 bits per heavy atom. The average Bonchev–Trinajstić information content (AvgIpc) is 2.69. The van der Waals surface area contributed by atoms with Gasteiger partial charge in [0.1, 0.15) is 12.3 Å². The van der Waals surface area contributed by atoms with Crippen molar-refractivity contribution in [3.05, 3.63) is 58.1 Å². The van der Waals surface area contributed by atoms with E-state index in [1.807, 2.05) is 0 Å². The summed E-state index contributed by atoms with van der Waals surface area (Å²) in [5.41, 5.74) is 2.98. The topological polar surface area (TPSA) is 114 Å². The van der Waals surface area contributed by atoms with E-state index in [1.54, 1.807) is 24.3 Å². The van der Waals surface area contributed by atoms with Gasteiger partial charge in [-0.3, -0.25) is 9.10 Å². The predicted molar refractivity (Wildman–Crippen MR) is 118 cm³/mol. The fraction of sp³-hybridized carbons (Fsp3) is 0.211. The summed E-state index contributed by atoms with van der Waals surface area (Å²) in [5.74, 6) is -0.805. The number of esters is 1. The first-order valence-corrected chi connectivity index (χ1v) is 11.2. The van der Waals surface area contributed by atoms with E-state index in [0.29, 0.717) is 11.3 Å². The molecule has 2 rings (SSSR count). The van der Waals surface area contributed by atoms with Crippen LogP contribution in [0.2, 0.25) is 10.0 Å². The molecule has 0 aliphatic rings. The van der Waals surface area contributed by atoms with Crippen LogP contribution in [0.15, 0.2) is 47.6 Å². The molecule has 0 saturated carbocycles. The van der Waals surface area contributed by atoms with Crippen LogP contribution in [0.1, 0.15) is 5.56 Å². The fourth-order valence-corrected chi connectivity index (χ4v) is 3.67. The van der Waals surface area contributed by atoms with Crippen LogP contribution in [0.4, 0.5) is 5.69 Å². The molecule has 1 N–H and O–H groups in total. The molecule has 12 heteroatoms. The minimum absolute atomic E-state index is 0.148. The number of hydrogen-bond donors (Lipinski definition) is 1. The Balaban J connectivity index is 2.04. The molecule has 9 nitrogen and oxygen atoms in total. The van der Waals surface area contributed by atoms with Crippen LogP contribution in [0.5, 0.6) is 5.75 Å². The van der Waals surface area contributed by atoms with Gasteiger partial charge in [0, 0.05) is 10.0 Å². The molecular formula is C19H19Cl2N3O6S. The number of hydrazone groups is 1. The molecule has 0 unspecified atom stereocenters. The summed E-state index contributed by atoms with van der Waals surface area (Å²) < 4.78 is 34.9. The highest BCUT2D eigenvalue weighted by atomic mass is 35.5. The van der Waals surface area contributed by atoms with Crippen LogP contribution in [-0.4, -0.2) is 53.0 Å². The van der Waals surface area contributed by atoms with Crippen LogP contribution < -0.4 is 14.5 Å². The fourth-order valence-electron chi connectivity index (χ4n) is 2.31. The molecule has 0 aromatic heterocycles. The summed E-state index contributed by atoms with van der Waals surface area (Å²) in [6.45, 7) is -0.780. The molecule has 0 atom stereocenters. The number of amides is 1. The lowest BCUT2D eigenvalue weighted by Gasteiger charge is -2.21.